The predicted molar refractivity (Wildman–Crippen MR) is 74.9 cm³/mol. The number of halogens is 1. The molecular weight excluding hydrogens is 261 g/mol. The van der Waals surface area contributed by atoms with Crippen LogP contribution < -0.4 is 0 Å². The van der Waals surface area contributed by atoms with Gasteiger partial charge in [0.1, 0.15) is 5.82 Å². The lowest BCUT2D eigenvalue weighted by Gasteiger charge is -2.02. The summed E-state index contributed by atoms with van der Waals surface area (Å²) in [5.41, 5.74) is 0.579. The first-order valence-electron chi connectivity index (χ1n) is 6.07. The third kappa shape index (κ3) is 4.48. The van der Waals surface area contributed by atoms with Gasteiger partial charge in [-0.25, -0.2) is 4.39 Å². The fourth-order valence-electron chi connectivity index (χ4n) is 1.64. The molecule has 2 rings (SSSR count). The first-order valence-corrected chi connectivity index (χ1v) is 7.06. The van der Waals surface area contributed by atoms with Gasteiger partial charge in [-0.3, -0.25) is 9.78 Å². The number of hydrogen-bond acceptors (Lipinski definition) is 3. The van der Waals surface area contributed by atoms with E-state index in [4.69, 9.17) is 0 Å². The average Bonchev–Trinajstić information content (AvgIpc) is 2.45. The van der Waals surface area contributed by atoms with Crippen molar-refractivity contribution in [1.82, 2.24) is 4.98 Å². The van der Waals surface area contributed by atoms with Crippen molar-refractivity contribution in [2.75, 3.05) is 5.75 Å². The lowest BCUT2D eigenvalue weighted by Crippen LogP contribution is -1.99. The first kappa shape index (κ1) is 13.7. The van der Waals surface area contributed by atoms with Crippen LogP contribution in [-0.4, -0.2) is 16.5 Å². The van der Waals surface area contributed by atoms with Gasteiger partial charge in [0.25, 0.3) is 0 Å². The number of ketones is 1. The van der Waals surface area contributed by atoms with Gasteiger partial charge in [-0.05, 0) is 48.6 Å². The molecule has 0 radical (unpaired) electrons. The predicted octanol–water partition coefficient (Wildman–Crippen LogP) is 3.98. The minimum Gasteiger partial charge on any atom is -0.294 e. The molecule has 1 aromatic heterocycles. The van der Waals surface area contributed by atoms with Crippen LogP contribution in [0.15, 0.2) is 53.7 Å². The number of rotatable bonds is 6. The van der Waals surface area contributed by atoms with E-state index < -0.39 is 0 Å². The second kappa shape index (κ2) is 7.04. The Balaban J connectivity index is 1.74. The van der Waals surface area contributed by atoms with E-state index in [1.807, 2.05) is 12.1 Å². The van der Waals surface area contributed by atoms with Crippen molar-refractivity contribution in [2.45, 2.75) is 17.7 Å². The number of carbonyl (C=O) groups is 1. The van der Waals surface area contributed by atoms with Crippen LogP contribution in [0.4, 0.5) is 4.39 Å². The summed E-state index contributed by atoms with van der Waals surface area (Å²) in [6.07, 6.45) is 4.81. The van der Waals surface area contributed by atoms with Crippen LogP contribution in [0.1, 0.15) is 23.2 Å². The second-order valence-electron chi connectivity index (χ2n) is 4.07. The maximum Gasteiger partial charge on any atom is 0.162 e. The first-order chi connectivity index (χ1) is 9.25. The third-order valence-electron chi connectivity index (χ3n) is 2.63. The molecule has 2 aromatic rings. The number of aromatic nitrogens is 1. The van der Waals surface area contributed by atoms with E-state index in [0.29, 0.717) is 12.0 Å². The molecule has 0 unspecified atom stereocenters. The molecule has 0 amide bonds. The highest BCUT2D eigenvalue weighted by atomic mass is 32.2. The lowest BCUT2D eigenvalue weighted by atomic mass is 10.1. The van der Waals surface area contributed by atoms with Crippen molar-refractivity contribution in [2.24, 2.45) is 0 Å². The standard InChI is InChI=1S/C15H14FNOS/c16-13-5-3-12(4-6-13)15(18)2-1-11-19-14-7-9-17-10-8-14/h3-10H,1-2,11H2. The van der Waals surface area contributed by atoms with E-state index in [0.717, 1.165) is 17.1 Å². The maximum absolute atomic E-state index is 12.7. The quantitative estimate of drug-likeness (QED) is 0.454. The molecule has 0 N–H and O–H groups in total. The van der Waals surface area contributed by atoms with Crippen LogP contribution >= 0.6 is 11.8 Å². The summed E-state index contributed by atoms with van der Waals surface area (Å²) in [7, 11) is 0. The summed E-state index contributed by atoms with van der Waals surface area (Å²) >= 11 is 1.71. The molecule has 98 valence electrons. The van der Waals surface area contributed by atoms with Crippen molar-refractivity contribution in [1.29, 1.82) is 0 Å². The summed E-state index contributed by atoms with van der Waals surface area (Å²) in [5.74, 6) is 0.636. The smallest absolute Gasteiger partial charge is 0.162 e. The van der Waals surface area contributed by atoms with Gasteiger partial charge in [-0.2, -0.15) is 0 Å². The summed E-state index contributed by atoms with van der Waals surface area (Å²) in [4.78, 5) is 16.9. The van der Waals surface area contributed by atoms with Gasteiger partial charge in [0.15, 0.2) is 5.78 Å². The molecule has 0 spiro atoms. The fraction of sp³-hybridized carbons (Fsp3) is 0.200. The number of pyridine rings is 1. The Morgan fingerprint density at radius 2 is 1.79 bits per heavy atom. The molecule has 19 heavy (non-hydrogen) atoms. The Kier molecular flexibility index (Phi) is 5.10. The van der Waals surface area contributed by atoms with E-state index in [2.05, 4.69) is 4.98 Å². The van der Waals surface area contributed by atoms with Crippen molar-refractivity contribution in [3.8, 4) is 0 Å². The monoisotopic (exact) mass is 275 g/mol. The third-order valence-corrected chi connectivity index (χ3v) is 3.73. The van der Waals surface area contributed by atoms with Crippen LogP contribution in [0.2, 0.25) is 0 Å². The zero-order chi connectivity index (χ0) is 13.5. The summed E-state index contributed by atoms with van der Waals surface area (Å²) in [5, 5.41) is 0. The van der Waals surface area contributed by atoms with Gasteiger partial charge in [-0.1, -0.05) is 0 Å². The minimum absolute atomic E-state index is 0.0651. The Morgan fingerprint density at radius 3 is 2.47 bits per heavy atom. The normalized spacial score (nSPS) is 10.4. The zero-order valence-corrected chi connectivity index (χ0v) is 11.2. The molecule has 0 saturated carbocycles. The van der Waals surface area contributed by atoms with E-state index in [-0.39, 0.29) is 11.6 Å². The van der Waals surface area contributed by atoms with Crippen molar-refractivity contribution < 1.29 is 9.18 Å². The molecule has 0 aliphatic heterocycles. The van der Waals surface area contributed by atoms with Gasteiger partial charge >= 0.3 is 0 Å². The average molecular weight is 275 g/mol. The molecule has 0 fully saturated rings. The van der Waals surface area contributed by atoms with Crippen LogP contribution in [0, 0.1) is 5.82 Å². The molecule has 0 bridgehead atoms. The molecule has 0 aliphatic rings. The molecule has 0 aliphatic carbocycles. The van der Waals surface area contributed by atoms with Crippen LogP contribution in [0.3, 0.4) is 0 Å². The van der Waals surface area contributed by atoms with Gasteiger partial charge in [0.05, 0.1) is 0 Å². The Hall–Kier alpha value is -1.68. The second-order valence-corrected chi connectivity index (χ2v) is 5.23. The van der Waals surface area contributed by atoms with Gasteiger partial charge in [0, 0.05) is 29.3 Å². The van der Waals surface area contributed by atoms with E-state index in [1.54, 1.807) is 24.2 Å². The van der Waals surface area contributed by atoms with Gasteiger partial charge in [0.2, 0.25) is 0 Å². The largest absolute Gasteiger partial charge is 0.294 e. The maximum atomic E-state index is 12.7. The zero-order valence-electron chi connectivity index (χ0n) is 10.4. The summed E-state index contributed by atoms with van der Waals surface area (Å²) in [6, 6.07) is 9.61. The van der Waals surface area contributed by atoms with E-state index in [1.165, 1.54) is 24.3 Å². The number of nitrogens with zero attached hydrogens (tertiary/aromatic N) is 1. The SMILES string of the molecule is O=C(CCCSc1ccncc1)c1ccc(F)cc1. The summed E-state index contributed by atoms with van der Waals surface area (Å²) < 4.78 is 12.7. The van der Waals surface area contributed by atoms with Crippen molar-refractivity contribution >= 4 is 17.5 Å². The molecular formula is C15H14FNOS. The molecule has 1 heterocycles. The highest BCUT2D eigenvalue weighted by Gasteiger charge is 2.05. The number of benzene rings is 1. The minimum atomic E-state index is -0.315. The highest BCUT2D eigenvalue weighted by molar-refractivity contribution is 7.99. The molecule has 1 aromatic carbocycles. The fourth-order valence-corrected chi connectivity index (χ4v) is 2.48. The number of hydrogen-bond donors (Lipinski definition) is 0. The van der Waals surface area contributed by atoms with Crippen molar-refractivity contribution in [3.63, 3.8) is 0 Å². The van der Waals surface area contributed by atoms with Gasteiger partial charge < -0.3 is 0 Å². The molecule has 0 saturated heterocycles. The highest BCUT2D eigenvalue weighted by Crippen LogP contribution is 2.18. The summed E-state index contributed by atoms with van der Waals surface area (Å²) in [6.45, 7) is 0. The number of Topliss-reactive ketones (excluding diaryl/α,β-unsaturated/α-hetero) is 1. The lowest BCUT2D eigenvalue weighted by molar-refractivity contribution is 0.0982. The van der Waals surface area contributed by atoms with Crippen LogP contribution in [-0.2, 0) is 0 Å². The molecule has 2 nitrogen and oxygen atoms in total. The van der Waals surface area contributed by atoms with Crippen molar-refractivity contribution in [3.05, 3.63) is 60.2 Å². The Bertz CT molecular complexity index is 528. The number of thioether (sulfide) groups is 1. The van der Waals surface area contributed by atoms with E-state index >= 15 is 0 Å². The van der Waals surface area contributed by atoms with Crippen LogP contribution in [0.25, 0.3) is 0 Å². The molecule has 0 atom stereocenters. The van der Waals surface area contributed by atoms with E-state index in [9.17, 15) is 9.18 Å². The Morgan fingerprint density at radius 1 is 1.11 bits per heavy atom. The Labute approximate surface area is 116 Å². The number of carbonyl (C=O) groups excluding carboxylic acids is 1. The topological polar surface area (TPSA) is 30.0 Å². The van der Waals surface area contributed by atoms with Gasteiger partial charge in [-0.15, -0.1) is 11.8 Å². The van der Waals surface area contributed by atoms with Crippen LogP contribution in [0.5, 0.6) is 0 Å². The molecule has 4 heteroatoms.